The number of unbranched alkanes of at least 4 members (excludes halogenated alkanes) is 1. The average Bonchev–Trinajstić information content (AvgIpc) is 2.81. The van der Waals surface area contributed by atoms with Crippen LogP contribution in [0.25, 0.3) is 11.1 Å². The first-order valence-corrected chi connectivity index (χ1v) is 10.9. The zero-order chi connectivity index (χ0) is 23.7. The molecule has 32 heavy (non-hydrogen) atoms. The lowest BCUT2D eigenvalue weighted by Gasteiger charge is -2.32. The van der Waals surface area contributed by atoms with Gasteiger partial charge < -0.3 is 21.2 Å². The third-order valence-corrected chi connectivity index (χ3v) is 5.43. The van der Waals surface area contributed by atoms with E-state index in [0.29, 0.717) is 13.0 Å². The summed E-state index contributed by atoms with van der Waals surface area (Å²) in [5.74, 6) is 5.12. The van der Waals surface area contributed by atoms with Crippen LogP contribution in [-0.2, 0) is 20.9 Å². The maximum atomic E-state index is 13.0. The predicted molar refractivity (Wildman–Crippen MR) is 128 cm³/mol. The summed E-state index contributed by atoms with van der Waals surface area (Å²) in [6, 6.07) is 14.8. The molecule has 7 heteroatoms. The number of hydrazone groups is 1. The number of methoxy groups -OCH3 is 1. The van der Waals surface area contributed by atoms with Gasteiger partial charge in [0.05, 0.1) is 7.11 Å². The lowest BCUT2D eigenvalue weighted by atomic mass is 9.97. The zero-order valence-corrected chi connectivity index (χ0v) is 19.4. The van der Waals surface area contributed by atoms with Crippen molar-refractivity contribution in [1.29, 1.82) is 0 Å². The van der Waals surface area contributed by atoms with Gasteiger partial charge in [-0.2, -0.15) is 5.10 Å². The number of amidine groups is 1. The largest absolute Gasteiger partial charge is 0.467 e. The summed E-state index contributed by atoms with van der Waals surface area (Å²) >= 11 is 0. The summed E-state index contributed by atoms with van der Waals surface area (Å²) in [5.41, 5.74) is 9.48. The number of nitrogens with two attached hydrogens (primary N) is 2. The van der Waals surface area contributed by atoms with Gasteiger partial charge in [-0.1, -0.05) is 75.7 Å². The molecule has 0 aliphatic carbocycles. The van der Waals surface area contributed by atoms with Gasteiger partial charge in [-0.15, -0.1) is 0 Å². The number of rotatable bonds is 10. The SMILES string of the molecule is CCCCC(=O)N(Cc1ccc(-c2ccccc2/C(N)=N/N)cc1)C(C(=O)OC)C(C)C. The molecule has 0 saturated heterocycles. The number of carbonyl (C=O) groups is 2. The molecular formula is C25H34N4O3. The van der Waals surface area contributed by atoms with E-state index in [4.69, 9.17) is 16.3 Å². The molecule has 0 saturated carbocycles. The van der Waals surface area contributed by atoms with Crippen molar-refractivity contribution in [1.82, 2.24) is 4.90 Å². The van der Waals surface area contributed by atoms with Crippen LogP contribution in [0.4, 0.5) is 0 Å². The van der Waals surface area contributed by atoms with Gasteiger partial charge in [0.15, 0.2) is 5.84 Å². The van der Waals surface area contributed by atoms with E-state index >= 15 is 0 Å². The van der Waals surface area contributed by atoms with Crippen molar-refractivity contribution in [2.24, 2.45) is 22.6 Å². The van der Waals surface area contributed by atoms with Gasteiger partial charge in [0, 0.05) is 18.5 Å². The predicted octanol–water partition coefficient (Wildman–Crippen LogP) is 3.65. The van der Waals surface area contributed by atoms with Crippen molar-refractivity contribution >= 4 is 17.7 Å². The molecule has 0 radical (unpaired) electrons. The van der Waals surface area contributed by atoms with E-state index in [2.05, 4.69) is 5.10 Å². The normalized spacial score (nSPS) is 12.5. The van der Waals surface area contributed by atoms with Crippen LogP contribution in [0.1, 0.15) is 51.2 Å². The number of benzene rings is 2. The molecule has 0 aromatic heterocycles. The van der Waals surface area contributed by atoms with Crippen LogP contribution in [0.15, 0.2) is 53.6 Å². The Kier molecular flexibility index (Phi) is 9.25. The number of carbonyl (C=O) groups excluding carboxylic acids is 2. The first-order valence-electron chi connectivity index (χ1n) is 10.9. The van der Waals surface area contributed by atoms with Gasteiger partial charge in [0.25, 0.3) is 0 Å². The van der Waals surface area contributed by atoms with Gasteiger partial charge in [-0.25, -0.2) is 4.79 Å². The van der Waals surface area contributed by atoms with E-state index in [0.717, 1.165) is 35.1 Å². The summed E-state index contributed by atoms with van der Waals surface area (Å²) in [6.07, 6.45) is 2.09. The molecule has 7 nitrogen and oxygen atoms in total. The molecule has 2 aromatic carbocycles. The molecule has 0 heterocycles. The first kappa shape index (κ1) is 24.9. The van der Waals surface area contributed by atoms with Gasteiger partial charge in [-0.05, 0) is 29.0 Å². The second kappa shape index (κ2) is 11.9. The molecule has 0 spiro atoms. The number of amides is 1. The van der Waals surface area contributed by atoms with E-state index in [1.807, 2.05) is 69.3 Å². The van der Waals surface area contributed by atoms with Crippen molar-refractivity contribution < 1.29 is 14.3 Å². The second-order valence-electron chi connectivity index (χ2n) is 8.09. The van der Waals surface area contributed by atoms with Crippen LogP contribution < -0.4 is 11.6 Å². The van der Waals surface area contributed by atoms with E-state index < -0.39 is 12.0 Å². The molecule has 0 fully saturated rings. The fraction of sp³-hybridized carbons (Fsp3) is 0.400. The zero-order valence-electron chi connectivity index (χ0n) is 19.4. The smallest absolute Gasteiger partial charge is 0.328 e. The first-order chi connectivity index (χ1) is 15.3. The number of ether oxygens (including phenoxy) is 1. The molecule has 2 rings (SSSR count). The van der Waals surface area contributed by atoms with E-state index in [1.54, 1.807) is 4.90 Å². The Morgan fingerprint density at radius 2 is 1.75 bits per heavy atom. The molecule has 0 aliphatic rings. The Balaban J connectivity index is 2.35. The van der Waals surface area contributed by atoms with Crippen molar-refractivity contribution in [2.45, 2.75) is 52.6 Å². The molecule has 1 atom stereocenters. The minimum absolute atomic E-state index is 0.0442. The van der Waals surface area contributed by atoms with Gasteiger partial charge in [-0.3, -0.25) is 4.79 Å². The fourth-order valence-corrected chi connectivity index (χ4v) is 3.71. The summed E-state index contributed by atoms with van der Waals surface area (Å²) in [7, 11) is 1.36. The number of nitrogens with zero attached hydrogens (tertiary/aromatic N) is 2. The highest BCUT2D eigenvalue weighted by atomic mass is 16.5. The van der Waals surface area contributed by atoms with E-state index in [1.165, 1.54) is 7.11 Å². The Hall–Kier alpha value is -3.35. The molecule has 0 bridgehead atoms. The van der Waals surface area contributed by atoms with Gasteiger partial charge >= 0.3 is 5.97 Å². The molecule has 2 aromatic rings. The van der Waals surface area contributed by atoms with Crippen LogP contribution in [0.3, 0.4) is 0 Å². The van der Waals surface area contributed by atoms with Crippen molar-refractivity contribution in [2.75, 3.05) is 7.11 Å². The molecular weight excluding hydrogens is 404 g/mol. The van der Waals surface area contributed by atoms with Gasteiger partial charge in [0.1, 0.15) is 6.04 Å². The maximum Gasteiger partial charge on any atom is 0.328 e. The third-order valence-electron chi connectivity index (χ3n) is 5.43. The van der Waals surface area contributed by atoms with Crippen LogP contribution in [0, 0.1) is 5.92 Å². The summed E-state index contributed by atoms with van der Waals surface area (Å²) < 4.78 is 5.00. The van der Waals surface area contributed by atoms with Crippen LogP contribution in [0.2, 0.25) is 0 Å². The standard InChI is InChI=1S/C25H34N4O3/c1-5-6-11-22(30)29(23(17(2)3)25(31)32-4)16-18-12-14-19(15-13-18)20-9-7-8-10-21(20)24(26)28-27/h7-10,12-15,17,23H,5-6,11,16,27H2,1-4H3,(H2,26,28). The molecule has 172 valence electrons. The summed E-state index contributed by atoms with van der Waals surface area (Å²) in [5, 5.41) is 3.61. The van der Waals surface area contributed by atoms with Crippen molar-refractivity contribution in [3.8, 4) is 11.1 Å². The highest BCUT2D eigenvalue weighted by molar-refractivity contribution is 6.03. The Morgan fingerprint density at radius 3 is 2.31 bits per heavy atom. The summed E-state index contributed by atoms with van der Waals surface area (Å²) in [6.45, 7) is 6.21. The van der Waals surface area contributed by atoms with Gasteiger partial charge in [0.2, 0.25) is 5.91 Å². The van der Waals surface area contributed by atoms with Crippen LogP contribution >= 0.6 is 0 Å². The number of esters is 1. The van der Waals surface area contributed by atoms with E-state index in [-0.39, 0.29) is 17.7 Å². The Bertz CT molecular complexity index is 938. The minimum atomic E-state index is -0.634. The number of hydrogen-bond donors (Lipinski definition) is 2. The third kappa shape index (κ3) is 6.09. The summed E-state index contributed by atoms with van der Waals surface area (Å²) in [4.78, 5) is 27.1. The van der Waals surface area contributed by atoms with E-state index in [9.17, 15) is 9.59 Å². The number of hydrogen-bond acceptors (Lipinski definition) is 5. The molecule has 1 unspecified atom stereocenters. The van der Waals surface area contributed by atoms with Crippen LogP contribution in [0.5, 0.6) is 0 Å². The van der Waals surface area contributed by atoms with Crippen molar-refractivity contribution in [3.05, 3.63) is 59.7 Å². The lowest BCUT2D eigenvalue weighted by Crippen LogP contribution is -2.48. The maximum absolute atomic E-state index is 13.0. The fourth-order valence-electron chi connectivity index (χ4n) is 3.71. The molecule has 1 amide bonds. The second-order valence-corrected chi connectivity index (χ2v) is 8.09. The topological polar surface area (TPSA) is 111 Å². The highest BCUT2D eigenvalue weighted by Gasteiger charge is 2.33. The quantitative estimate of drug-likeness (QED) is 0.193. The minimum Gasteiger partial charge on any atom is -0.467 e. The highest BCUT2D eigenvalue weighted by Crippen LogP contribution is 2.25. The van der Waals surface area contributed by atoms with Crippen LogP contribution in [-0.4, -0.2) is 35.8 Å². The lowest BCUT2D eigenvalue weighted by molar-refractivity contribution is -0.155. The molecule has 0 aliphatic heterocycles. The van der Waals surface area contributed by atoms with Crippen molar-refractivity contribution in [3.63, 3.8) is 0 Å². The Labute approximate surface area is 190 Å². The monoisotopic (exact) mass is 438 g/mol. The molecule has 4 N–H and O–H groups in total. The Morgan fingerprint density at radius 1 is 1.09 bits per heavy atom. The average molecular weight is 439 g/mol.